The van der Waals surface area contributed by atoms with Crippen molar-refractivity contribution < 1.29 is 9.18 Å². The fourth-order valence-electron chi connectivity index (χ4n) is 1.73. The van der Waals surface area contributed by atoms with Crippen LogP contribution in [0.5, 0.6) is 0 Å². The molecule has 0 radical (unpaired) electrons. The van der Waals surface area contributed by atoms with E-state index in [1.807, 2.05) is 19.1 Å². The van der Waals surface area contributed by atoms with Gasteiger partial charge in [-0.2, -0.15) is 0 Å². The van der Waals surface area contributed by atoms with Gasteiger partial charge < -0.3 is 5.32 Å². The summed E-state index contributed by atoms with van der Waals surface area (Å²) in [5.41, 5.74) is 2.70. The second-order valence-electron chi connectivity index (χ2n) is 4.40. The lowest BCUT2D eigenvalue weighted by molar-refractivity contribution is 0.102. The molecule has 0 aliphatic rings. The fraction of sp³-hybridized carbons (Fsp3) is 0.133. The molecule has 1 amide bonds. The van der Waals surface area contributed by atoms with E-state index in [0.717, 1.165) is 10.0 Å². The molecule has 4 heteroatoms. The lowest BCUT2D eigenvalue weighted by Crippen LogP contribution is -2.12. The third-order valence-corrected chi connectivity index (χ3v) is 3.44. The van der Waals surface area contributed by atoms with Crippen molar-refractivity contribution >= 4 is 27.5 Å². The SMILES string of the molecule is Cc1ccc(C(=O)Nc2ccc(F)c(C)c2)c(Br)c1. The van der Waals surface area contributed by atoms with Gasteiger partial charge in [0.2, 0.25) is 0 Å². The van der Waals surface area contributed by atoms with Crippen molar-refractivity contribution in [3.63, 3.8) is 0 Å². The molecule has 0 saturated heterocycles. The molecule has 0 fully saturated rings. The van der Waals surface area contributed by atoms with Crippen molar-refractivity contribution in [3.8, 4) is 0 Å². The van der Waals surface area contributed by atoms with Crippen LogP contribution in [0, 0.1) is 19.7 Å². The monoisotopic (exact) mass is 321 g/mol. The Kier molecular flexibility index (Phi) is 4.00. The average Bonchev–Trinajstić information content (AvgIpc) is 2.33. The smallest absolute Gasteiger partial charge is 0.256 e. The van der Waals surface area contributed by atoms with Crippen LogP contribution in [0.4, 0.5) is 10.1 Å². The first kappa shape index (κ1) is 13.7. The second-order valence-corrected chi connectivity index (χ2v) is 5.26. The number of amides is 1. The highest BCUT2D eigenvalue weighted by molar-refractivity contribution is 9.10. The molecule has 0 spiro atoms. The normalized spacial score (nSPS) is 10.3. The largest absolute Gasteiger partial charge is 0.322 e. The second kappa shape index (κ2) is 5.53. The third-order valence-electron chi connectivity index (χ3n) is 2.79. The van der Waals surface area contributed by atoms with Crippen LogP contribution in [0.2, 0.25) is 0 Å². The van der Waals surface area contributed by atoms with Gasteiger partial charge in [0.25, 0.3) is 5.91 Å². The summed E-state index contributed by atoms with van der Waals surface area (Å²) in [7, 11) is 0. The van der Waals surface area contributed by atoms with Crippen molar-refractivity contribution in [3.05, 3.63) is 63.4 Å². The van der Waals surface area contributed by atoms with E-state index in [-0.39, 0.29) is 11.7 Å². The van der Waals surface area contributed by atoms with E-state index in [9.17, 15) is 9.18 Å². The minimum absolute atomic E-state index is 0.224. The van der Waals surface area contributed by atoms with Gasteiger partial charge in [0.15, 0.2) is 0 Å². The number of halogens is 2. The Hall–Kier alpha value is -1.68. The maximum Gasteiger partial charge on any atom is 0.256 e. The molecule has 98 valence electrons. The number of carbonyl (C=O) groups excluding carboxylic acids is 1. The molecule has 0 heterocycles. The Balaban J connectivity index is 2.23. The van der Waals surface area contributed by atoms with E-state index in [1.165, 1.54) is 6.07 Å². The predicted molar refractivity (Wildman–Crippen MR) is 78.0 cm³/mol. The molecular formula is C15H13BrFNO. The van der Waals surface area contributed by atoms with Gasteiger partial charge in [-0.15, -0.1) is 0 Å². The molecule has 0 aliphatic heterocycles. The number of nitrogens with one attached hydrogen (secondary N) is 1. The molecule has 0 aromatic heterocycles. The standard InChI is InChI=1S/C15H13BrFNO/c1-9-3-5-12(13(16)7-9)15(19)18-11-4-6-14(17)10(2)8-11/h3-8H,1-2H3,(H,18,19). The summed E-state index contributed by atoms with van der Waals surface area (Å²) in [6.07, 6.45) is 0. The van der Waals surface area contributed by atoms with E-state index in [1.54, 1.807) is 25.1 Å². The molecule has 0 aliphatic carbocycles. The number of benzene rings is 2. The zero-order chi connectivity index (χ0) is 14.0. The number of aryl methyl sites for hydroxylation is 2. The van der Waals surface area contributed by atoms with Gasteiger partial charge in [-0.1, -0.05) is 6.07 Å². The molecule has 2 aromatic carbocycles. The highest BCUT2D eigenvalue weighted by atomic mass is 79.9. The summed E-state index contributed by atoms with van der Waals surface area (Å²) in [4.78, 5) is 12.1. The van der Waals surface area contributed by atoms with Crippen LogP contribution in [0.1, 0.15) is 21.5 Å². The Morgan fingerprint density at radius 3 is 2.53 bits per heavy atom. The maximum atomic E-state index is 13.1. The van der Waals surface area contributed by atoms with Crippen LogP contribution >= 0.6 is 15.9 Å². The zero-order valence-electron chi connectivity index (χ0n) is 10.6. The van der Waals surface area contributed by atoms with Gasteiger partial charge in [0.1, 0.15) is 5.82 Å². The first-order valence-electron chi connectivity index (χ1n) is 5.81. The van der Waals surface area contributed by atoms with Gasteiger partial charge in [-0.25, -0.2) is 4.39 Å². The molecule has 2 rings (SSSR count). The van der Waals surface area contributed by atoms with Crippen LogP contribution in [-0.4, -0.2) is 5.91 Å². The van der Waals surface area contributed by atoms with E-state index in [0.29, 0.717) is 16.8 Å². The van der Waals surface area contributed by atoms with Gasteiger partial charge >= 0.3 is 0 Å². The van der Waals surface area contributed by atoms with Gasteiger partial charge in [0, 0.05) is 10.2 Å². The van der Waals surface area contributed by atoms with Gasteiger partial charge in [-0.05, 0) is 71.2 Å². The molecule has 2 aromatic rings. The Labute approximate surface area is 119 Å². The Morgan fingerprint density at radius 1 is 1.16 bits per heavy atom. The number of anilines is 1. The molecule has 0 bridgehead atoms. The number of rotatable bonds is 2. The van der Waals surface area contributed by atoms with Crippen molar-refractivity contribution in [1.82, 2.24) is 0 Å². The quantitative estimate of drug-likeness (QED) is 0.869. The fourth-order valence-corrected chi connectivity index (χ4v) is 2.40. The summed E-state index contributed by atoms with van der Waals surface area (Å²) in [5, 5.41) is 2.75. The minimum atomic E-state index is -0.283. The van der Waals surface area contributed by atoms with E-state index in [2.05, 4.69) is 21.2 Å². The van der Waals surface area contributed by atoms with E-state index < -0.39 is 0 Å². The number of hydrogen-bond donors (Lipinski definition) is 1. The number of carbonyl (C=O) groups is 1. The lowest BCUT2D eigenvalue weighted by Gasteiger charge is -2.08. The molecule has 1 N–H and O–H groups in total. The van der Waals surface area contributed by atoms with Crippen LogP contribution < -0.4 is 5.32 Å². The summed E-state index contributed by atoms with van der Waals surface area (Å²) in [6, 6.07) is 10.00. The van der Waals surface area contributed by atoms with E-state index in [4.69, 9.17) is 0 Å². The van der Waals surface area contributed by atoms with Gasteiger partial charge in [0.05, 0.1) is 5.56 Å². The molecular weight excluding hydrogens is 309 g/mol. The zero-order valence-corrected chi connectivity index (χ0v) is 12.2. The van der Waals surface area contributed by atoms with Crippen molar-refractivity contribution in [1.29, 1.82) is 0 Å². The molecule has 19 heavy (non-hydrogen) atoms. The molecule has 0 unspecified atom stereocenters. The van der Waals surface area contributed by atoms with Crippen LogP contribution in [0.15, 0.2) is 40.9 Å². The number of hydrogen-bond acceptors (Lipinski definition) is 1. The molecule has 0 saturated carbocycles. The third kappa shape index (κ3) is 3.20. The first-order valence-corrected chi connectivity index (χ1v) is 6.60. The van der Waals surface area contributed by atoms with Crippen molar-refractivity contribution in [2.75, 3.05) is 5.32 Å². The lowest BCUT2D eigenvalue weighted by atomic mass is 10.1. The van der Waals surface area contributed by atoms with Gasteiger partial charge in [-0.3, -0.25) is 4.79 Å². The summed E-state index contributed by atoms with van der Waals surface area (Å²) in [5.74, 6) is -0.507. The van der Waals surface area contributed by atoms with Crippen LogP contribution in [-0.2, 0) is 0 Å². The highest BCUT2D eigenvalue weighted by Gasteiger charge is 2.10. The topological polar surface area (TPSA) is 29.1 Å². The van der Waals surface area contributed by atoms with E-state index >= 15 is 0 Å². The highest BCUT2D eigenvalue weighted by Crippen LogP contribution is 2.20. The van der Waals surface area contributed by atoms with Crippen LogP contribution in [0.3, 0.4) is 0 Å². The Morgan fingerprint density at radius 2 is 1.89 bits per heavy atom. The summed E-state index contributed by atoms with van der Waals surface area (Å²) >= 11 is 3.37. The average molecular weight is 322 g/mol. The summed E-state index contributed by atoms with van der Waals surface area (Å²) in [6.45, 7) is 3.61. The predicted octanol–water partition coefficient (Wildman–Crippen LogP) is 4.46. The minimum Gasteiger partial charge on any atom is -0.322 e. The van der Waals surface area contributed by atoms with Crippen molar-refractivity contribution in [2.45, 2.75) is 13.8 Å². The van der Waals surface area contributed by atoms with Crippen molar-refractivity contribution in [2.24, 2.45) is 0 Å². The summed E-state index contributed by atoms with van der Waals surface area (Å²) < 4.78 is 13.9. The molecule has 2 nitrogen and oxygen atoms in total. The molecule has 0 atom stereocenters. The Bertz CT molecular complexity index is 640. The first-order chi connectivity index (χ1) is 8.97. The maximum absolute atomic E-state index is 13.1. The van der Waals surface area contributed by atoms with Crippen LogP contribution in [0.25, 0.3) is 0 Å².